The smallest absolute Gasteiger partial charge is 0.126 e. The molecule has 0 bridgehead atoms. The fourth-order valence-corrected chi connectivity index (χ4v) is 4.96. The number of pyridine rings is 1. The summed E-state index contributed by atoms with van der Waals surface area (Å²) in [6, 6.07) is 27.9. The first kappa shape index (κ1) is 18.6. The largest absolute Gasteiger partial charge is 0.370 e. The number of rotatable bonds is 6. The first-order valence-electron chi connectivity index (χ1n) is 9.09. The molecule has 0 saturated carbocycles. The topological polar surface area (TPSA) is 24.9 Å². The van der Waals surface area contributed by atoms with E-state index in [1.54, 1.807) is 0 Å². The van der Waals surface area contributed by atoms with Crippen molar-refractivity contribution in [3.05, 3.63) is 84.6 Å². The highest BCUT2D eigenvalue weighted by Crippen LogP contribution is 2.37. The van der Waals surface area contributed by atoms with Crippen LogP contribution in [-0.2, 0) is 6.16 Å². The Labute approximate surface area is 158 Å². The van der Waals surface area contributed by atoms with Gasteiger partial charge in [-0.2, -0.15) is 0 Å². The summed E-state index contributed by atoms with van der Waals surface area (Å²) in [7, 11) is -0.462. The van der Waals surface area contributed by atoms with E-state index in [0.29, 0.717) is 0 Å². The number of nitrogens with one attached hydrogen (secondary N) is 1. The second-order valence-corrected chi connectivity index (χ2v) is 9.89. The predicted molar refractivity (Wildman–Crippen MR) is 115 cm³/mol. The molecular weight excluding hydrogens is 335 g/mol. The summed E-state index contributed by atoms with van der Waals surface area (Å²) in [5.41, 5.74) is 1.38. The zero-order valence-electron chi connectivity index (χ0n) is 15.8. The van der Waals surface area contributed by atoms with Crippen LogP contribution in [0.15, 0.2) is 78.9 Å². The van der Waals surface area contributed by atoms with Gasteiger partial charge in [0.1, 0.15) is 5.82 Å². The monoisotopic (exact) mass is 362 g/mol. The van der Waals surface area contributed by atoms with Gasteiger partial charge < -0.3 is 5.32 Å². The van der Waals surface area contributed by atoms with Crippen molar-refractivity contribution in [3.8, 4) is 0 Å². The Hall–Kier alpha value is -2.18. The molecule has 0 fully saturated rings. The van der Waals surface area contributed by atoms with Crippen molar-refractivity contribution in [1.82, 2.24) is 4.98 Å². The molecule has 2 nitrogen and oxygen atoms in total. The van der Waals surface area contributed by atoms with E-state index < -0.39 is 7.92 Å². The van der Waals surface area contributed by atoms with Gasteiger partial charge >= 0.3 is 0 Å². The Kier molecular flexibility index (Phi) is 6.06. The van der Waals surface area contributed by atoms with Crippen LogP contribution >= 0.6 is 7.92 Å². The molecule has 3 rings (SSSR count). The molecule has 26 heavy (non-hydrogen) atoms. The summed E-state index contributed by atoms with van der Waals surface area (Å²) >= 11 is 0. The number of nitrogens with zero attached hydrogens (tertiary/aromatic N) is 1. The maximum atomic E-state index is 4.87. The Morgan fingerprint density at radius 3 is 1.88 bits per heavy atom. The van der Waals surface area contributed by atoms with Crippen LogP contribution < -0.4 is 15.9 Å². The number of hydrogen-bond donors (Lipinski definition) is 1. The summed E-state index contributed by atoms with van der Waals surface area (Å²) in [5.74, 6) is 0.966. The molecule has 0 aliphatic heterocycles. The Morgan fingerprint density at radius 2 is 1.35 bits per heavy atom. The summed E-state index contributed by atoms with van der Waals surface area (Å²) < 4.78 is 0. The standard InChI is InChI=1S/C23H27N2P/c1-23(2,3)18-24-22-16-10-11-19(25-22)17-26(20-12-6-4-7-13-20)21-14-8-5-9-15-21/h4-16H,17-18H2,1-3H3,(H,24,25). The van der Waals surface area contributed by atoms with Gasteiger partial charge in [-0.15, -0.1) is 0 Å². The van der Waals surface area contributed by atoms with Gasteiger partial charge in [0, 0.05) is 18.4 Å². The summed E-state index contributed by atoms with van der Waals surface area (Å²) in [6.45, 7) is 7.60. The van der Waals surface area contributed by atoms with Gasteiger partial charge in [-0.25, -0.2) is 4.98 Å². The Bertz CT molecular complexity index is 771. The molecular formula is C23H27N2P. The molecule has 0 aliphatic carbocycles. The van der Waals surface area contributed by atoms with E-state index in [9.17, 15) is 0 Å². The predicted octanol–water partition coefficient (Wildman–Crippen LogP) is 5.17. The van der Waals surface area contributed by atoms with E-state index >= 15 is 0 Å². The van der Waals surface area contributed by atoms with Crippen molar-refractivity contribution in [2.24, 2.45) is 5.41 Å². The summed E-state index contributed by atoms with van der Waals surface area (Å²) in [5, 5.41) is 6.26. The molecule has 2 aromatic carbocycles. The maximum Gasteiger partial charge on any atom is 0.126 e. The lowest BCUT2D eigenvalue weighted by atomic mass is 9.97. The Morgan fingerprint density at radius 1 is 0.769 bits per heavy atom. The lowest BCUT2D eigenvalue weighted by Gasteiger charge is -2.21. The lowest BCUT2D eigenvalue weighted by molar-refractivity contribution is 0.442. The van der Waals surface area contributed by atoms with Crippen LogP contribution in [-0.4, -0.2) is 11.5 Å². The molecule has 134 valence electrons. The molecule has 0 unspecified atom stereocenters. The van der Waals surface area contributed by atoms with Crippen LogP contribution in [0, 0.1) is 5.41 Å². The average molecular weight is 362 g/mol. The second kappa shape index (κ2) is 8.47. The SMILES string of the molecule is CC(C)(C)CNc1cccc(CP(c2ccccc2)c2ccccc2)n1. The molecule has 0 aliphatic rings. The minimum absolute atomic E-state index is 0.235. The van der Waals surface area contributed by atoms with Crippen LogP contribution in [0.1, 0.15) is 26.5 Å². The normalized spacial score (nSPS) is 11.5. The Balaban J connectivity index is 1.83. The van der Waals surface area contributed by atoms with Crippen molar-refractivity contribution in [1.29, 1.82) is 0 Å². The van der Waals surface area contributed by atoms with E-state index in [4.69, 9.17) is 4.98 Å². The molecule has 0 atom stereocenters. The molecule has 1 N–H and O–H groups in total. The third kappa shape index (κ3) is 5.41. The van der Waals surface area contributed by atoms with Crippen molar-refractivity contribution in [3.63, 3.8) is 0 Å². The highest BCUT2D eigenvalue weighted by atomic mass is 31.1. The van der Waals surface area contributed by atoms with Crippen LogP contribution in [0.25, 0.3) is 0 Å². The molecule has 0 amide bonds. The zero-order valence-corrected chi connectivity index (χ0v) is 16.7. The van der Waals surface area contributed by atoms with Crippen molar-refractivity contribution < 1.29 is 0 Å². The van der Waals surface area contributed by atoms with Gasteiger partial charge in [0.2, 0.25) is 0 Å². The fourth-order valence-electron chi connectivity index (χ4n) is 2.73. The van der Waals surface area contributed by atoms with Gasteiger partial charge in [-0.3, -0.25) is 0 Å². The van der Waals surface area contributed by atoms with Crippen LogP contribution in [0.3, 0.4) is 0 Å². The van der Waals surface area contributed by atoms with Gasteiger partial charge in [0.15, 0.2) is 0 Å². The van der Waals surface area contributed by atoms with Crippen LogP contribution in [0.4, 0.5) is 5.82 Å². The zero-order chi connectivity index (χ0) is 18.4. The summed E-state index contributed by atoms with van der Waals surface area (Å²) in [6.07, 6.45) is 0.953. The van der Waals surface area contributed by atoms with E-state index in [-0.39, 0.29) is 5.41 Å². The van der Waals surface area contributed by atoms with Gasteiger partial charge in [-0.05, 0) is 36.1 Å². The third-order valence-electron chi connectivity index (χ3n) is 4.06. The second-order valence-electron chi connectivity index (χ2n) is 7.69. The molecule has 3 heteroatoms. The van der Waals surface area contributed by atoms with E-state index in [2.05, 4.69) is 105 Å². The van der Waals surface area contributed by atoms with Gasteiger partial charge in [0.25, 0.3) is 0 Å². The average Bonchev–Trinajstić information content (AvgIpc) is 2.66. The maximum absolute atomic E-state index is 4.87. The first-order chi connectivity index (χ1) is 12.5. The number of anilines is 1. The molecule has 0 saturated heterocycles. The lowest BCUT2D eigenvalue weighted by Crippen LogP contribution is -2.20. The van der Waals surface area contributed by atoms with Crippen LogP contribution in [0.2, 0.25) is 0 Å². The van der Waals surface area contributed by atoms with E-state index in [1.165, 1.54) is 10.6 Å². The molecule has 0 spiro atoms. The van der Waals surface area contributed by atoms with Crippen LogP contribution in [0.5, 0.6) is 0 Å². The van der Waals surface area contributed by atoms with E-state index in [0.717, 1.165) is 24.2 Å². The number of benzene rings is 2. The minimum Gasteiger partial charge on any atom is -0.370 e. The highest BCUT2D eigenvalue weighted by Gasteiger charge is 2.15. The highest BCUT2D eigenvalue weighted by molar-refractivity contribution is 7.72. The van der Waals surface area contributed by atoms with Gasteiger partial charge in [-0.1, -0.05) is 87.5 Å². The quantitative estimate of drug-likeness (QED) is 0.612. The molecule has 3 aromatic rings. The van der Waals surface area contributed by atoms with Crippen molar-refractivity contribution >= 4 is 24.3 Å². The summed E-state index contributed by atoms with van der Waals surface area (Å²) in [4.78, 5) is 4.87. The van der Waals surface area contributed by atoms with Crippen molar-refractivity contribution in [2.75, 3.05) is 11.9 Å². The van der Waals surface area contributed by atoms with E-state index in [1.807, 2.05) is 0 Å². The molecule has 0 radical (unpaired) electrons. The molecule has 1 aromatic heterocycles. The third-order valence-corrected chi connectivity index (χ3v) is 6.55. The number of hydrogen-bond acceptors (Lipinski definition) is 2. The number of aromatic nitrogens is 1. The fraction of sp³-hybridized carbons (Fsp3) is 0.261. The van der Waals surface area contributed by atoms with Crippen molar-refractivity contribution in [2.45, 2.75) is 26.9 Å². The van der Waals surface area contributed by atoms with Gasteiger partial charge in [0.05, 0.1) is 0 Å². The first-order valence-corrected chi connectivity index (χ1v) is 10.6. The molecule has 1 heterocycles. The minimum atomic E-state index is -0.462.